The third-order valence-corrected chi connectivity index (χ3v) is 6.92. The van der Waals surface area contributed by atoms with Crippen molar-refractivity contribution in [3.05, 3.63) is 46.0 Å². The Hall–Kier alpha value is -2.64. The zero-order chi connectivity index (χ0) is 22.2. The van der Waals surface area contributed by atoms with Crippen molar-refractivity contribution < 1.29 is 9.47 Å². The molecule has 2 fully saturated rings. The van der Waals surface area contributed by atoms with Gasteiger partial charge in [-0.15, -0.1) is 0 Å². The Morgan fingerprint density at radius 2 is 1.91 bits per heavy atom. The van der Waals surface area contributed by atoms with Crippen LogP contribution >= 0.6 is 11.6 Å². The van der Waals surface area contributed by atoms with Gasteiger partial charge in [-0.1, -0.05) is 18.0 Å². The normalized spacial score (nSPS) is 18.0. The van der Waals surface area contributed by atoms with E-state index in [0.717, 1.165) is 43.3 Å². The molecule has 3 heterocycles. The number of halogens is 1. The van der Waals surface area contributed by atoms with Crippen molar-refractivity contribution in [2.24, 2.45) is 7.05 Å². The van der Waals surface area contributed by atoms with Crippen LogP contribution < -0.4 is 15.0 Å². The van der Waals surface area contributed by atoms with Gasteiger partial charge in [0, 0.05) is 32.2 Å². The number of piperidine rings is 1. The fourth-order valence-electron chi connectivity index (χ4n) is 4.62. The van der Waals surface area contributed by atoms with E-state index in [4.69, 9.17) is 21.1 Å². The molecule has 0 amide bonds. The van der Waals surface area contributed by atoms with E-state index in [1.165, 1.54) is 30.0 Å². The Balaban J connectivity index is 1.39. The summed E-state index contributed by atoms with van der Waals surface area (Å²) in [4.78, 5) is 24.2. The molecule has 0 spiro atoms. The maximum Gasteiger partial charge on any atom is 0.261 e. The summed E-state index contributed by atoms with van der Waals surface area (Å²) in [6.45, 7) is 2.21. The van der Waals surface area contributed by atoms with Crippen molar-refractivity contribution in [3.8, 4) is 22.9 Å². The highest BCUT2D eigenvalue weighted by atomic mass is 35.5. The quantitative estimate of drug-likeness (QED) is 0.541. The van der Waals surface area contributed by atoms with Gasteiger partial charge in [0.15, 0.2) is 0 Å². The molecule has 0 atom stereocenters. The molecule has 0 N–H and O–H groups in total. The van der Waals surface area contributed by atoms with Gasteiger partial charge >= 0.3 is 0 Å². The van der Waals surface area contributed by atoms with Crippen molar-refractivity contribution in [1.82, 2.24) is 19.4 Å². The number of nitrogens with zero attached hydrogens (tertiary/aromatic N) is 4. The lowest BCUT2D eigenvalue weighted by Crippen LogP contribution is -2.46. The first-order chi connectivity index (χ1) is 15.5. The van der Waals surface area contributed by atoms with Gasteiger partial charge in [0.05, 0.1) is 29.8 Å². The molecule has 32 heavy (non-hydrogen) atoms. The topological polar surface area (TPSA) is 69.5 Å². The average Bonchev–Trinajstić information content (AvgIpc) is 2.77. The number of fused-ring (bicyclic) bond motifs is 1. The number of ether oxygens (including phenoxy) is 2. The number of rotatable bonds is 5. The molecule has 1 aliphatic heterocycles. The maximum atomic E-state index is 12.9. The van der Waals surface area contributed by atoms with E-state index in [9.17, 15) is 4.79 Å². The van der Waals surface area contributed by atoms with E-state index in [0.29, 0.717) is 22.5 Å². The SMILES string of the molecule is COc1cc(OC2CCN(C3CCC3)CC2)ccc1-c1nc2cnc(Cl)cc2c(=O)n1C. The third kappa shape index (κ3) is 3.95. The minimum atomic E-state index is -0.185. The number of hydrogen-bond acceptors (Lipinski definition) is 6. The number of likely N-dealkylation sites (tertiary alicyclic amines) is 1. The lowest BCUT2D eigenvalue weighted by molar-refractivity contribution is 0.0492. The summed E-state index contributed by atoms with van der Waals surface area (Å²) in [7, 11) is 3.30. The molecular weight excluding hydrogens is 428 g/mol. The van der Waals surface area contributed by atoms with Crippen molar-refractivity contribution in [2.75, 3.05) is 20.2 Å². The number of benzene rings is 1. The second kappa shape index (κ2) is 8.71. The maximum absolute atomic E-state index is 12.9. The molecule has 1 aromatic carbocycles. The van der Waals surface area contributed by atoms with Crippen molar-refractivity contribution >= 4 is 22.5 Å². The first-order valence-electron chi connectivity index (χ1n) is 11.1. The van der Waals surface area contributed by atoms with E-state index in [1.807, 2.05) is 18.2 Å². The van der Waals surface area contributed by atoms with Gasteiger partial charge in [0.25, 0.3) is 5.56 Å². The Morgan fingerprint density at radius 3 is 2.59 bits per heavy atom. The Labute approximate surface area is 191 Å². The predicted molar refractivity (Wildman–Crippen MR) is 125 cm³/mol. The van der Waals surface area contributed by atoms with Crippen molar-refractivity contribution in [3.63, 3.8) is 0 Å². The molecule has 168 valence electrons. The van der Waals surface area contributed by atoms with Crippen LogP contribution in [0.1, 0.15) is 32.1 Å². The van der Waals surface area contributed by atoms with Crippen LogP contribution in [0.5, 0.6) is 11.5 Å². The standard InChI is InChI=1S/C24H27ClN4O3/c1-28-23(27-20-14-26-22(25)13-19(20)24(28)30)18-7-6-17(12-21(18)31-2)32-16-8-10-29(11-9-16)15-4-3-5-15/h6-7,12-16H,3-5,8-11H2,1-2H3. The second-order valence-electron chi connectivity index (χ2n) is 8.62. The molecule has 3 aromatic rings. The molecule has 0 radical (unpaired) electrons. The highest BCUT2D eigenvalue weighted by Crippen LogP contribution is 2.34. The van der Waals surface area contributed by atoms with Crippen molar-refractivity contribution in [1.29, 1.82) is 0 Å². The second-order valence-corrected chi connectivity index (χ2v) is 9.01. The van der Waals surface area contributed by atoms with Crippen LogP contribution in [-0.2, 0) is 7.05 Å². The minimum Gasteiger partial charge on any atom is -0.496 e. The zero-order valence-corrected chi connectivity index (χ0v) is 19.1. The first kappa shape index (κ1) is 21.2. The van der Waals surface area contributed by atoms with Crippen LogP contribution in [0.2, 0.25) is 5.15 Å². The van der Waals surface area contributed by atoms with Crippen LogP contribution in [0.3, 0.4) is 0 Å². The predicted octanol–water partition coefficient (Wildman–Crippen LogP) is 4.05. The summed E-state index contributed by atoms with van der Waals surface area (Å²) >= 11 is 5.95. The summed E-state index contributed by atoms with van der Waals surface area (Å²) < 4.78 is 13.4. The number of hydrogen-bond donors (Lipinski definition) is 0. The van der Waals surface area contributed by atoms with Crippen LogP contribution in [0, 0.1) is 0 Å². The lowest BCUT2D eigenvalue weighted by atomic mass is 9.90. The van der Waals surface area contributed by atoms with Gasteiger partial charge in [-0.2, -0.15) is 0 Å². The largest absolute Gasteiger partial charge is 0.496 e. The monoisotopic (exact) mass is 454 g/mol. The molecule has 5 rings (SSSR count). The first-order valence-corrected chi connectivity index (χ1v) is 11.5. The fourth-order valence-corrected chi connectivity index (χ4v) is 4.78. The summed E-state index contributed by atoms with van der Waals surface area (Å²) in [6, 6.07) is 8.04. The minimum absolute atomic E-state index is 0.185. The van der Waals surface area contributed by atoms with E-state index >= 15 is 0 Å². The van der Waals surface area contributed by atoms with Crippen LogP contribution in [-0.4, -0.2) is 51.8 Å². The molecule has 0 unspecified atom stereocenters. The van der Waals surface area contributed by atoms with Gasteiger partial charge in [-0.05, 0) is 43.9 Å². The summed E-state index contributed by atoms with van der Waals surface area (Å²) in [5.74, 6) is 1.88. The number of pyridine rings is 1. The summed E-state index contributed by atoms with van der Waals surface area (Å²) in [5, 5.41) is 0.699. The van der Waals surface area contributed by atoms with Gasteiger partial charge in [0.2, 0.25) is 0 Å². The summed E-state index contributed by atoms with van der Waals surface area (Å²) in [5.41, 5.74) is 1.03. The van der Waals surface area contributed by atoms with Gasteiger partial charge in [-0.3, -0.25) is 9.36 Å². The highest BCUT2D eigenvalue weighted by molar-refractivity contribution is 6.30. The highest BCUT2D eigenvalue weighted by Gasteiger charge is 2.29. The molecule has 8 heteroatoms. The molecule has 1 aliphatic carbocycles. The number of methoxy groups -OCH3 is 1. The average molecular weight is 455 g/mol. The van der Waals surface area contributed by atoms with Crippen molar-refractivity contribution in [2.45, 2.75) is 44.2 Å². The zero-order valence-electron chi connectivity index (χ0n) is 18.4. The van der Waals surface area contributed by atoms with E-state index in [2.05, 4.69) is 14.9 Å². The van der Waals surface area contributed by atoms with Crippen LogP contribution in [0.4, 0.5) is 0 Å². The summed E-state index contributed by atoms with van der Waals surface area (Å²) in [6.07, 6.45) is 7.86. The number of aromatic nitrogens is 3. The molecule has 1 saturated heterocycles. The van der Waals surface area contributed by atoms with Crippen LogP contribution in [0.25, 0.3) is 22.3 Å². The Bertz CT molecular complexity index is 1200. The molecular formula is C24H27ClN4O3. The van der Waals surface area contributed by atoms with Gasteiger partial charge < -0.3 is 14.4 Å². The van der Waals surface area contributed by atoms with Gasteiger partial charge in [-0.25, -0.2) is 9.97 Å². The molecule has 0 bridgehead atoms. The molecule has 1 saturated carbocycles. The van der Waals surface area contributed by atoms with E-state index in [-0.39, 0.29) is 16.8 Å². The van der Waals surface area contributed by atoms with E-state index in [1.54, 1.807) is 20.2 Å². The lowest BCUT2D eigenvalue weighted by Gasteiger charge is -2.41. The third-order valence-electron chi connectivity index (χ3n) is 6.71. The van der Waals surface area contributed by atoms with Gasteiger partial charge in [0.1, 0.15) is 28.6 Å². The fraction of sp³-hybridized carbons (Fsp3) is 0.458. The Morgan fingerprint density at radius 1 is 1.12 bits per heavy atom. The molecule has 2 aliphatic rings. The molecule has 2 aromatic heterocycles. The smallest absolute Gasteiger partial charge is 0.261 e. The molecule has 7 nitrogen and oxygen atoms in total. The van der Waals surface area contributed by atoms with Crippen LogP contribution in [0.15, 0.2) is 35.3 Å². The van der Waals surface area contributed by atoms with E-state index < -0.39 is 0 Å². The Kier molecular flexibility index (Phi) is 5.78.